The predicted molar refractivity (Wildman–Crippen MR) is 114 cm³/mol. The Morgan fingerprint density at radius 3 is 2.43 bits per heavy atom. The van der Waals surface area contributed by atoms with E-state index < -0.39 is 23.8 Å². The van der Waals surface area contributed by atoms with Crippen molar-refractivity contribution >= 4 is 45.8 Å². The number of rotatable bonds is 6. The molecule has 3 rings (SSSR count). The first-order chi connectivity index (χ1) is 14.3. The molecule has 2 aromatic rings. The number of ether oxygens (including phenoxy) is 3. The lowest BCUT2D eigenvalue weighted by atomic mass is 9.99. The van der Waals surface area contributed by atoms with Crippen LogP contribution in [0.15, 0.2) is 12.1 Å². The largest absolute Gasteiger partial charge is 0.484 e. The fourth-order valence-corrected chi connectivity index (χ4v) is 4.93. The highest BCUT2D eigenvalue weighted by Crippen LogP contribution is 2.45. The summed E-state index contributed by atoms with van der Waals surface area (Å²) in [6, 6.07) is 3.51. The number of esters is 2. The Morgan fingerprint density at radius 2 is 1.83 bits per heavy atom. The van der Waals surface area contributed by atoms with Crippen LogP contribution in [0.3, 0.4) is 0 Å². The molecule has 1 heterocycles. The summed E-state index contributed by atoms with van der Waals surface area (Å²) in [7, 11) is 2.57. The van der Waals surface area contributed by atoms with Crippen LogP contribution >= 0.6 is 22.9 Å². The average molecular weight is 452 g/mol. The van der Waals surface area contributed by atoms with E-state index >= 15 is 0 Å². The third-order valence-electron chi connectivity index (χ3n) is 4.94. The minimum Gasteiger partial charge on any atom is -0.484 e. The molecule has 0 radical (unpaired) electrons. The molecule has 30 heavy (non-hydrogen) atoms. The molecule has 1 amide bonds. The number of methoxy groups -OCH3 is 2. The molecule has 0 bridgehead atoms. The molecule has 0 fully saturated rings. The van der Waals surface area contributed by atoms with Crippen LogP contribution in [0.25, 0.3) is 0 Å². The number of nitrogens with one attached hydrogen (secondary N) is 1. The van der Waals surface area contributed by atoms with Crippen molar-refractivity contribution in [2.45, 2.75) is 32.6 Å². The van der Waals surface area contributed by atoms with E-state index in [-0.39, 0.29) is 12.2 Å². The fourth-order valence-electron chi connectivity index (χ4n) is 3.54. The van der Waals surface area contributed by atoms with Crippen LogP contribution in [-0.4, -0.2) is 38.7 Å². The van der Waals surface area contributed by atoms with Gasteiger partial charge in [-0.15, -0.1) is 11.3 Å². The van der Waals surface area contributed by atoms with Gasteiger partial charge in [-0.1, -0.05) is 11.6 Å². The van der Waals surface area contributed by atoms with Crippen molar-refractivity contribution in [1.82, 2.24) is 0 Å². The van der Waals surface area contributed by atoms with Crippen molar-refractivity contribution in [3.63, 3.8) is 0 Å². The number of hydrogen-bond donors (Lipinski definition) is 1. The number of aryl methyl sites for hydroxylation is 3. The first-order valence-corrected chi connectivity index (χ1v) is 10.5. The quantitative estimate of drug-likeness (QED) is 0.667. The van der Waals surface area contributed by atoms with Crippen LogP contribution in [0.1, 0.15) is 44.3 Å². The number of amides is 1. The molecule has 1 aliphatic rings. The molecule has 1 N–H and O–H groups in total. The van der Waals surface area contributed by atoms with Crippen LogP contribution in [-0.2, 0) is 25.5 Å². The number of benzene rings is 1. The highest BCUT2D eigenvalue weighted by Gasteiger charge is 2.38. The third kappa shape index (κ3) is 4.29. The van der Waals surface area contributed by atoms with E-state index in [9.17, 15) is 14.4 Å². The molecule has 1 aromatic carbocycles. The number of fused-ring (bicyclic) bond motifs is 1. The monoisotopic (exact) mass is 451 g/mol. The number of carbonyl (C=O) groups is 3. The summed E-state index contributed by atoms with van der Waals surface area (Å²) in [4.78, 5) is 37.9. The maximum Gasteiger partial charge on any atom is 0.341 e. The number of halogens is 1. The lowest BCUT2D eigenvalue weighted by Crippen LogP contribution is -2.22. The van der Waals surface area contributed by atoms with Crippen molar-refractivity contribution < 1.29 is 28.6 Å². The van der Waals surface area contributed by atoms with E-state index in [1.165, 1.54) is 25.6 Å². The van der Waals surface area contributed by atoms with E-state index in [0.29, 0.717) is 34.2 Å². The SMILES string of the molecule is COC(=O)c1c(NC(=O)COc2cc(C)c(Cl)c(C)c2)sc2c1[C@@H](C(=O)OC)CC2. The standard InChI is InChI=1S/C21H22ClNO6S/c1-10-7-12(8-11(2)18(10)22)29-9-15(24)23-19-17(21(26)28-4)16-13(20(25)27-3)5-6-14(16)30-19/h7-8,13H,5-6,9H2,1-4H3,(H,23,24)/t13-/m0/s1. The highest BCUT2D eigenvalue weighted by atomic mass is 35.5. The Hall–Kier alpha value is -2.58. The predicted octanol–water partition coefficient (Wildman–Crippen LogP) is 4.03. The zero-order chi connectivity index (χ0) is 22.0. The third-order valence-corrected chi connectivity index (χ3v) is 6.72. The summed E-state index contributed by atoms with van der Waals surface area (Å²) >= 11 is 7.42. The molecule has 0 spiro atoms. The molecule has 1 atom stereocenters. The topological polar surface area (TPSA) is 90.9 Å². The summed E-state index contributed by atoms with van der Waals surface area (Å²) in [6.07, 6.45) is 1.18. The van der Waals surface area contributed by atoms with Gasteiger partial charge in [0.15, 0.2) is 6.61 Å². The molecule has 9 heteroatoms. The van der Waals surface area contributed by atoms with Gasteiger partial charge in [-0.05, 0) is 55.5 Å². The Morgan fingerprint density at radius 1 is 1.17 bits per heavy atom. The van der Waals surface area contributed by atoms with Gasteiger partial charge in [-0.3, -0.25) is 9.59 Å². The Bertz CT molecular complexity index is 992. The second-order valence-electron chi connectivity index (χ2n) is 6.96. The van der Waals surface area contributed by atoms with E-state index in [1.807, 2.05) is 13.8 Å². The second kappa shape index (κ2) is 9.06. The van der Waals surface area contributed by atoms with Gasteiger partial charge in [-0.2, -0.15) is 0 Å². The maximum atomic E-state index is 12.5. The first kappa shape index (κ1) is 22.1. The number of anilines is 1. The van der Waals surface area contributed by atoms with Crippen molar-refractivity contribution in [3.8, 4) is 5.75 Å². The highest BCUT2D eigenvalue weighted by molar-refractivity contribution is 7.17. The minimum atomic E-state index is -0.608. The van der Waals surface area contributed by atoms with Crippen molar-refractivity contribution in [2.75, 3.05) is 26.1 Å². The lowest BCUT2D eigenvalue weighted by Gasteiger charge is -2.12. The van der Waals surface area contributed by atoms with Gasteiger partial charge in [0.05, 0.1) is 25.7 Å². The molecule has 0 aliphatic heterocycles. The van der Waals surface area contributed by atoms with E-state index in [0.717, 1.165) is 16.0 Å². The van der Waals surface area contributed by atoms with Crippen LogP contribution in [0.5, 0.6) is 5.75 Å². The van der Waals surface area contributed by atoms with Crippen LogP contribution in [0, 0.1) is 13.8 Å². The number of hydrogen-bond acceptors (Lipinski definition) is 7. The van der Waals surface area contributed by atoms with Gasteiger partial charge < -0.3 is 19.5 Å². The fraction of sp³-hybridized carbons (Fsp3) is 0.381. The summed E-state index contributed by atoms with van der Waals surface area (Å²) in [5.41, 5.74) is 2.49. The second-order valence-corrected chi connectivity index (χ2v) is 8.44. The summed E-state index contributed by atoms with van der Waals surface area (Å²) in [5.74, 6) is -1.47. The molecule has 1 aliphatic carbocycles. The Kier molecular flexibility index (Phi) is 6.67. The van der Waals surface area contributed by atoms with Crippen molar-refractivity contribution in [1.29, 1.82) is 0 Å². The molecule has 1 aromatic heterocycles. The van der Waals surface area contributed by atoms with Gasteiger partial charge in [0.25, 0.3) is 5.91 Å². The average Bonchev–Trinajstić information content (AvgIpc) is 3.27. The van der Waals surface area contributed by atoms with Gasteiger partial charge in [-0.25, -0.2) is 4.79 Å². The van der Waals surface area contributed by atoms with Crippen molar-refractivity contribution in [2.24, 2.45) is 0 Å². The van der Waals surface area contributed by atoms with E-state index in [4.69, 9.17) is 25.8 Å². The molecule has 0 saturated heterocycles. The summed E-state index contributed by atoms with van der Waals surface area (Å²) in [6.45, 7) is 3.47. The normalized spacial score (nSPS) is 14.8. The van der Waals surface area contributed by atoms with Crippen LogP contribution in [0.4, 0.5) is 5.00 Å². The lowest BCUT2D eigenvalue weighted by molar-refractivity contribution is -0.142. The van der Waals surface area contributed by atoms with Crippen LogP contribution < -0.4 is 10.1 Å². The smallest absolute Gasteiger partial charge is 0.341 e. The Labute approximate surface area is 183 Å². The molecule has 160 valence electrons. The zero-order valence-corrected chi connectivity index (χ0v) is 18.7. The summed E-state index contributed by atoms with van der Waals surface area (Å²) in [5, 5.41) is 3.72. The van der Waals surface area contributed by atoms with Gasteiger partial charge in [0.2, 0.25) is 0 Å². The molecule has 0 saturated carbocycles. The Balaban J connectivity index is 1.79. The first-order valence-electron chi connectivity index (χ1n) is 9.27. The zero-order valence-electron chi connectivity index (χ0n) is 17.1. The van der Waals surface area contributed by atoms with Gasteiger partial charge >= 0.3 is 11.9 Å². The van der Waals surface area contributed by atoms with E-state index in [1.54, 1.807) is 12.1 Å². The van der Waals surface area contributed by atoms with Crippen LogP contribution in [0.2, 0.25) is 5.02 Å². The molecular formula is C21H22ClNO6S. The maximum absolute atomic E-state index is 12.5. The molecular weight excluding hydrogens is 430 g/mol. The van der Waals surface area contributed by atoms with Gasteiger partial charge in [0, 0.05) is 9.90 Å². The van der Waals surface area contributed by atoms with E-state index in [2.05, 4.69) is 5.32 Å². The number of carbonyl (C=O) groups excluding carboxylic acids is 3. The molecule has 0 unspecified atom stereocenters. The minimum absolute atomic E-state index is 0.205. The van der Waals surface area contributed by atoms with Crippen molar-refractivity contribution in [3.05, 3.63) is 44.3 Å². The van der Waals surface area contributed by atoms with Gasteiger partial charge in [0.1, 0.15) is 10.8 Å². The number of thiophene rings is 1. The summed E-state index contributed by atoms with van der Waals surface area (Å²) < 4.78 is 15.3. The molecule has 7 nitrogen and oxygen atoms in total.